The molecule has 1 aromatic heterocycles. The number of likely N-dealkylation sites (N-methyl/N-ethyl adjacent to an activating group) is 1. The maximum absolute atomic E-state index is 12.8. The number of carbonyl (C=O) groups is 1. The van der Waals surface area contributed by atoms with Crippen molar-refractivity contribution in [3.05, 3.63) is 77.0 Å². The Morgan fingerprint density at radius 1 is 1.10 bits per heavy atom. The highest BCUT2D eigenvalue weighted by Crippen LogP contribution is 2.46. The minimum atomic E-state index is -0.180. The van der Waals surface area contributed by atoms with Gasteiger partial charge in [-0.15, -0.1) is 0 Å². The van der Waals surface area contributed by atoms with Crippen LogP contribution in [0.1, 0.15) is 30.5 Å². The molecule has 1 aliphatic heterocycles. The van der Waals surface area contributed by atoms with Crippen LogP contribution in [0.4, 0.5) is 5.69 Å². The maximum atomic E-state index is 12.8. The fourth-order valence-electron chi connectivity index (χ4n) is 4.20. The first-order chi connectivity index (χ1) is 13.8. The molecule has 0 spiro atoms. The van der Waals surface area contributed by atoms with Crippen molar-refractivity contribution in [1.29, 1.82) is 0 Å². The standard InChI is InChI=1S/C25H26N2OS/c1-16-9-8-10-19-17(2)13-23(26-24(16)19)29-15-18(28)14-22-25(3,4)20-11-6-7-12-21(20)27(22)5/h6-14H,15H2,1-5H3/b22-14-. The minimum Gasteiger partial charge on any atom is -0.347 e. The lowest BCUT2D eigenvalue weighted by Crippen LogP contribution is -2.24. The summed E-state index contributed by atoms with van der Waals surface area (Å²) in [5.74, 6) is 0.496. The Balaban J connectivity index is 1.55. The van der Waals surface area contributed by atoms with Crippen LogP contribution in [0.15, 0.2) is 65.3 Å². The summed E-state index contributed by atoms with van der Waals surface area (Å²) in [6.07, 6.45) is 1.81. The van der Waals surface area contributed by atoms with Gasteiger partial charge in [-0.3, -0.25) is 4.79 Å². The van der Waals surface area contributed by atoms with Gasteiger partial charge in [-0.25, -0.2) is 4.98 Å². The fraction of sp³-hybridized carbons (Fsp3) is 0.280. The van der Waals surface area contributed by atoms with Gasteiger partial charge in [-0.2, -0.15) is 0 Å². The van der Waals surface area contributed by atoms with Crippen molar-refractivity contribution in [2.45, 2.75) is 38.1 Å². The van der Waals surface area contributed by atoms with E-state index in [0.717, 1.165) is 21.8 Å². The van der Waals surface area contributed by atoms with E-state index in [1.54, 1.807) is 0 Å². The Bertz CT molecular complexity index is 1150. The van der Waals surface area contributed by atoms with Crippen molar-refractivity contribution >= 4 is 34.1 Å². The number of fused-ring (bicyclic) bond motifs is 2. The molecule has 148 valence electrons. The van der Waals surface area contributed by atoms with Gasteiger partial charge in [0.15, 0.2) is 5.78 Å². The largest absolute Gasteiger partial charge is 0.347 e. The molecule has 0 unspecified atom stereocenters. The van der Waals surface area contributed by atoms with Crippen molar-refractivity contribution in [3.63, 3.8) is 0 Å². The third-order valence-corrected chi connectivity index (χ3v) is 6.76. The van der Waals surface area contributed by atoms with Crippen LogP contribution < -0.4 is 4.90 Å². The lowest BCUT2D eigenvalue weighted by molar-refractivity contribution is -0.112. The predicted molar refractivity (Wildman–Crippen MR) is 123 cm³/mol. The summed E-state index contributed by atoms with van der Waals surface area (Å²) < 4.78 is 0. The van der Waals surface area contributed by atoms with E-state index in [2.05, 4.69) is 75.1 Å². The van der Waals surface area contributed by atoms with E-state index >= 15 is 0 Å². The van der Waals surface area contributed by atoms with Gasteiger partial charge in [0.25, 0.3) is 0 Å². The molecule has 0 atom stereocenters. The minimum absolute atomic E-state index is 0.113. The van der Waals surface area contributed by atoms with Gasteiger partial charge in [-0.05, 0) is 42.7 Å². The van der Waals surface area contributed by atoms with Crippen LogP contribution in [-0.2, 0) is 10.2 Å². The van der Waals surface area contributed by atoms with Crippen LogP contribution in [0, 0.1) is 13.8 Å². The second kappa shape index (κ2) is 7.34. The molecule has 4 rings (SSSR count). The van der Waals surface area contributed by atoms with E-state index in [1.807, 2.05) is 19.2 Å². The molecule has 0 bridgehead atoms. The summed E-state index contributed by atoms with van der Waals surface area (Å²) in [6, 6.07) is 16.7. The first-order valence-corrected chi connectivity index (χ1v) is 10.9. The van der Waals surface area contributed by atoms with Crippen molar-refractivity contribution < 1.29 is 4.79 Å². The number of nitrogens with zero attached hydrogens (tertiary/aromatic N) is 2. The van der Waals surface area contributed by atoms with E-state index in [-0.39, 0.29) is 11.2 Å². The molecule has 0 saturated carbocycles. The van der Waals surface area contributed by atoms with Crippen LogP contribution >= 0.6 is 11.8 Å². The molecule has 2 aromatic carbocycles. The van der Waals surface area contributed by atoms with Gasteiger partial charge in [0, 0.05) is 35.3 Å². The van der Waals surface area contributed by atoms with Crippen LogP contribution in [0.2, 0.25) is 0 Å². The first kappa shape index (κ1) is 19.7. The molecule has 3 nitrogen and oxygen atoms in total. The Morgan fingerprint density at radius 3 is 2.62 bits per heavy atom. The number of hydrogen-bond acceptors (Lipinski definition) is 4. The summed E-state index contributed by atoms with van der Waals surface area (Å²) >= 11 is 1.51. The van der Waals surface area contributed by atoms with E-state index in [0.29, 0.717) is 5.75 Å². The monoisotopic (exact) mass is 402 g/mol. The molecule has 2 heterocycles. The topological polar surface area (TPSA) is 33.2 Å². The zero-order valence-corrected chi connectivity index (χ0v) is 18.4. The van der Waals surface area contributed by atoms with Crippen molar-refractivity contribution in [1.82, 2.24) is 4.98 Å². The Morgan fingerprint density at radius 2 is 1.86 bits per heavy atom. The Labute approximate surface area is 176 Å². The number of para-hydroxylation sites is 2. The molecule has 1 aliphatic rings. The summed E-state index contributed by atoms with van der Waals surface area (Å²) in [4.78, 5) is 19.8. The number of thioether (sulfide) groups is 1. The molecule has 0 N–H and O–H groups in total. The number of hydrogen-bond donors (Lipinski definition) is 0. The summed E-state index contributed by atoms with van der Waals surface area (Å²) in [5.41, 5.74) is 6.67. The first-order valence-electron chi connectivity index (χ1n) is 9.87. The SMILES string of the molecule is Cc1cc(SCC(=O)/C=C2\N(C)c3ccccc3C2(C)C)nc2c(C)cccc12. The molecule has 0 aliphatic carbocycles. The highest BCUT2D eigenvalue weighted by Gasteiger charge is 2.38. The quantitative estimate of drug-likeness (QED) is 0.406. The summed E-state index contributed by atoms with van der Waals surface area (Å²) in [5, 5.41) is 2.08. The molecule has 0 radical (unpaired) electrons. The molecule has 0 fully saturated rings. The highest BCUT2D eigenvalue weighted by molar-refractivity contribution is 7.99. The summed E-state index contributed by atoms with van der Waals surface area (Å²) in [7, 11) is 2.04. The number of pyridine rings is 1. The van der Waals surface area contributed by atoms with Gasteiger partial charge in [0.1, 0.15) is 0 Å². The van der Waals surface area contributed by atoms with Crippen molar-refractivity contribution in [2.75, 3.05) is 17.7 Å². The zero-order chi connectivity index (χ0) is 20.8. The fourth-order valence-corrected chi connectivity index (χ4v) is 4.99. The molecule has 3 aromatic rings. The normalized spacial score (nSPS) is 16.4. The smallest absolute Gasteiger partial charge is 0.167 e. The molecule has 0 saturated heterocycles. The van der Waals surface area contributed by atoms with Crippen molar-refractivity contribution in [2.24, 2.45) is 0 Å². The van der Waals surface area contributed by atoms with E-state index in [4.69, 9.17) is 4.98 Å². The molecule has 4 heteroatoms. The lowest BCUT2D eigenvalue weighted by atomic mass is 9.83. The predicted octanol–water partition coefficient (Wildman–Crippen LogP) is 5.82. The lowest BCUT2D eigenvalue weighted by Gasteiger charge is -2.23. The number of carbonyl (C=O) groups excluding carboxylic acids is 1. The van der Waals surface area contributed by atoms with Gasteiger partial charge in [0.05, 0.1) is 16.3 Å². The van der Waals surface area contributed by atoms with Crippen LogP contribution in [-0.4, -0.2) is 23.6 Å². The molecular formula is C25H26N2OS. The number of aryl methyl sites for hydroxylation is 2. The van der Waals surface area contributed by atoms with Crippen LogP contribution in [0.5, 0.6) is 0 Å². The number of allylic oxidation sites excluding steroid dienone is 2. The average molecular weight is 403 g/mol. The zero-order valence-electron chi connectivity index (χ0n) is 17.6. The van der Waals surface area contributed by atoms with Gasteiger partial charge >= 0.3 is 0 Å². The van der Waals surface area contributed by atoms with Gasteiger partial charge in [0.2, 0.25) is 0 Å². The third kappa shape index (κ3) is 3.46. The maximum Gasteiger partial charge on any atom is 0.167 e. The number of aromatic nitrogens is 1. The number of benzene rings is 2. The van der Waals surface area contributed by atoms with Crippen molar-refractivity contribution in [3.8, 4) is 0 Å². The molecule has 0 amide bonds. The van der Waals surface area contributed by atoms with Gasteiger partial charge < -0.3 is 4.90 Å². The van der Waals surface area contributed by atoms with Crippen LogP contribution in [0.25, 0.3) is 10.9 Å². The molecular weight excluding hydrogens is 376 g/mol. The second-order valence-electron chi connectivity index (χ2n) is 8.23. The average Bonchev–Trinajstić information content (AvgIpc) is 2.88. The second-order valence-corrected chi connectivity index (χ2v) is 9.23. The van der Waals surface area contributed by atoms with Gasteiger partial charge in [-0.1, -0.05) is 62.0 Å². The van der Waals surface area contributed by atoms with E-state index < -0.39 is 0 Å². The van der Waals surface area contributed by atoms with E-state index in [1.165, 1.54) is 34.0 Å². The summed E-state index contributed by atoms with van der Waals surface area (Å²) in [6.45, 7) is 8.54. The molecule has 29 heavy (non-hydrogen) atoms. The van der Waals surface area contributed by atoms with Crippen LogP contribution in [0.3, 0.4) is 0 Å². The number of anilines is 1. The number of ketones is 1. The Hall–Kier alpha value is -2.59. The highest BCUT2D eigenvalue weighted by atomic mass is 32.2. The number of rotatable bonds is 4. The third-order valence-electron chi connectivity index (χ3n) is 5.83. The van der Waals surface area contributed by atoms with E-state index in [9.17, 15) is 4.79 Å². The Kier molecular flexibility index (Phi) is 4.99.